The summed E-state index contributed by atoms with van der Waals surface area (Å²) in [5.41, 5.74) is 1.61. The van der Waals surface area contributed by atoms with Gasteiger partial charge in [-0.05, 0) is 60.1 Å². The Balaban J connectivity index is 2.23. The van der Waals surface area contributed by atoms with Gasteiger partial charge in [-0.15, -0.1) is 0 Å². The molecule has 0 aliphatic rings. The maximum atomic E-state index is 13.4. The zero-order chi connectivity index (χ0) is 17.7. The molecule has 0 aliphatic carbocycles. The van der Waals surface area contributed by atoms with Crippen LogP contribution in [0.5, 0.6) is 0 Å². The van der Waals surface area contributed by atoms with E-state index in [1.54, 1.807) is 18.3 Å². The number of hydrogen-bond acceptors (Lipinski definition) is 4. The number of sulfonamides is 1. The first-order valence-corrected chi connectivity index (χ1v) is 10.3. The van der Waals surface area contributed by atoms with E-state index >= 15 is 0 Å². The molecule has 132 valence electrons. The number of likely N-dealkylation sites (N-methyl/N-ethyl adjacent to an activating group) is 1. The van der Waals surface area contributed by atoms with Crippen LogP contribution in [0, 0.1) is 12.7 Å². The molecule has 1 atom stereocenters. The van der Waals surface area contributed by atoms with Crippen LogP contribution in [-0.4, -0.2) is 33.0 Å². The Kier molecular flexibility index (Phi) is 6.51. The van der Waals surface area contributed by atoms with Crippen molar-refractivity contribution >= 4 is 21.4 Å². The first kappa shape index (κ1) is 19.1. The summed E-state index contributed by atoms with van der Waals surface area (Å²) in [5, 5.41) is 4.02. The van der Waals surface area contributed by atoms with E-state index < -0.39 is 15.8 Å². The van der Waals surface area contributed by atoms with E-state index in [9.17, 15) is 12.8 Å². The van der Waals surface area contributed by atoms with Crippen LogP contribution in [0.1, 0.15) is 31.0 Å². The standard InChI is InChI=1S/C17H23FN2O2S2/c1-4-20(5-2)16(14-8-9-23-12-14)11-19-24(21,22)17-10-15(18)7-6-13(17)3/h6-10,12,16,19H,4-5,11H2,1-3H3. The summed E-state index contributed by atoms with van der Waals surface area (Å²) in [7, 11) is -3.76. The highest BCUT2D eigenvalue weighted by molar-refractivity contribution is 7.89. The predicted molar refractivity (Wildman–Crippen MR) is 96.3 cm³/mol. The molecule has 2 rings (SSSR count). The van der Waals surface area contributed by atoms with Crippen molar-refractivity contribution in [3.05, 3.63) is 52.0 Å². The van der Waals surface area contributed by atoms with Crippen molar-refractivity contribution < 1.29 is 12.8 Å². The van der Waals surface area contributed by atoms with E-state index in [1.165, 1.54) is 12.1 Å². The van der Waals surface area contributed by atoms with E-state index in [1.807, 2.05) is 30.7 Å². The molecule has 0 bridgehead atoms. The molecule has 0 aliphatic heterocycles. The molecule has 1 N–H and O–H groups in total. The molecule has 0 fully saturated rings. The highest BCUT2D eigenvalue weighted by Crippen LogP contribution is 2.23. The Morgan fingerprint density at radius 1 is 1.25 bits per heavy atom. The summed E-state index contributed by atoms with van der Waals surface area (Å²) in [6.45, 7) is 7.64. The highest BCUT2D eigenvalue weighted by atomic mass is 32.2. The molecule has 4 nitrogen and oxygen atoms in total. The fourth-order valence-electron chi connectivity index (χ4n) is 2.72. The zero-order valence-electron chi connectivity index (χ0n) is 14.1. The second-order valence-corrected chi connectivity index (χ2v) is 8.07. The van der Waals surface area contributed by atoms with Crippen molar-refractivity contribution in [3.8, 4) is 0 Å². The largest absolute Gasteiger partial charge is 0.296 e. The number of halogens is 1. The highest BCUT2D eigenvalue weighted by Gasteiger charge is 2.23. The number of nitrogens with zero attached hydrogens (tertiary/aromatic N) is 1. The fraction of sp³-hybridized carbons (Fsp3) is 0.412. The lowest BCUT2D eigenvalue weighted by molar-refractivity contribution is 0.220. The number of aryl methyl sites for hydroxylation is 1. The van der Waals surface area contributed by atoms with Gasteiger partial charge in [0.15, 0.2) is 0 Å². The summed E-state index contributed by atoms with van der Waals surface area (Å²) >= 11 is 1.59. The Morgan fingerprint density at radius 3 is 2.54 bits per heavy atom. The quantitative estimate of drug-likeness (QED) is 0.773. The molecule has 0 spiro atoms. The van der Waals surface area contributed by atoms with Crippen molar-refractivity contribution in [3.63, 3.8) is 0 Å². The molecule has 0 saturated carbocycles. The average molecular weight is 371 g/mol. The third-order valence-corrected chi connectivity index (χ3v) is 6.35. The molecular weight excluding hydrogens is 347 g/mol. The molecule has 1 heterocycles. The summed E-state index contributed by atoms with van der Waals surface area (Å²) < 4.78 is 41.3. The van der Waals surface area contributed by atoms with Gasteiger partial charge in [-0.1, -0.05) is 19.9 Å². The molecule has 24 heavy (non-hydrogen) atoms. The minimum Gasteiger partial charge on any atom is -0.296 e. The predicted octanol–water partition coefficient (Wildman–Crippen LogP) is 3.56. The first-order chi connectivity index (χ1) is 11.4. The van der Waals surface area contributed by atoms with Crippen LogP contribution in [0.25, 0.3) is 0 Å². The van der Waals surface area contributed by atoms with Gasteiger partial charge in [0.05, 0.1) is 4.90 Å². The summed E-state index contributed by atoms with van der Waals surface area (Å²) in [5.74, 6) is -0.556. The third-order valence-electron chi connectivity index (χ3n) is 4.09. The van der Waals surface area contributed by atoms with Crippen molar-refractivity contribution in [1.82, 2.24) is 9.62 Å². The first-order valence-electron chi connectivity index (χ1n) is 7.91. The van der Waals surface area contributed by atoms with Crippen LogP contribution in [0.2, 0.25) is 0 Å². The third kappa shape index (κ3) is 4.42. The maximum absolute atomic E-state index is 13.4. The molecule has 1 aromatic carbocycles. The van der Waals surface area contributed by atoms with Gasteiger partial charge in [0.2, 0.25) is 10.0 Å². The SMILES string of the molecule is CCN(CC)C(CNS(=O)(=O)c1cc(F)ccc1C)c1ccsc1. The smallest absolute Gasteiger partial charge is 0.240 e. The minimum absolute atomic E-state index is 0.00823. The number of hydrogen-bond donors (Lipinski definition) is 1. The van der Waals surface area contributed by atoms with Crippen LogP contribution >= 0.6 is 11.3 Å². The van der Waals surface area contributed by atoms with Gasteiger partial charge >= 0.3 is 0 Å². The Bertz CT molecular complexity index is 757. The van der Waals surface area contributed by atoms with Crippen LogP contribution in [0.3, 0.4) is 0 Å². The molecule has 0 radical (unpaired) electrons. The Labute approximate surface area is 147 Å². The van der Waals surface area contributed by atoms with Crippen LogP contribution in [0.15, 0.2) is 39.9 Å². The minimum atomic E-state index is -3.76. The fourth-order valence-corrected chi connectivity index (χ4v) is 4.72. The van der Waals surface area contributed by atoms with E-state index in [0.29, 0.717) is 5.56 Å². The van der Waals surface area contributed by atoms with Crippen LogP contribution in [-0.2, 0) is 10.0 Å². The number of rotatable bonds is 8. The molecule has 1 unspecified atom stereocenters. The second-order valence-electron chi connectivity index (χ2n) is 5.56. The molecule has 0 saturated heterocycles. The lowest BCUT2D eigenvalue weighted by atomic mass is 10.1. The Hall–Kier alpha value is -1.28. The van der Waals surface area contributed by atoms with Gasteiger partial charge < -0.3 is 0 Å². The summed E-state index contributed by atoms with van der Waals surface area (Å²) in [4.78, 5) is 2.19. The normalized spacial score (nSPS) is 13.4. The molecule has 1 aromatic heterocycles. The van der Waals surface area contributed by atoms with E-state index in [-0.39, 0.29) is 17.5 Å². The van der Waals surface area contributed by atoms with Crippen molar-refractivity contribution in [1.29, 1.82) is 0 Å². The van der Waals surface area contributed by atoms with Gasteiger partial charge in [0.25, 0.3) is 0 Å². The molecule has 0 amide bonds. The summed E-state index contributed by atoms with van der Waals surface area (Å²) in [6, 6.07) is 5.77. The van der Waals surface area contributed by atoms with Crippen molar-refractivity contribution in [2.24, 2.45) is 0 Å². The van der Waals surface area contributed by atoms with Crippen molar-refractivity contribution in [2.45, 2.75) is 31.7 Å². The van der Waals surface area contributed by atoms with Crippen LogP contribution in [0.4, 0.5) is 4.39 Å². The van der Waals surface area contributed by atoms with Gasteiger partial charge in [-0.2, -0.15) is 11.3 Å². The average Bonchev–Trinajstić information content (AvgIpc) is 3.07. The lowest BCUT2D eigenvalue weighted by Gasteiger charge is -2.29. The Morgan fingerprint density at radius 2 is 1.96 bits per heavy atom. The lowest BCUT2D eigenvalue weighted by Crippen LogP contribution is -2.38. The number of benzene rings is 1. The zero-order valence-corrected chi connectivity index (χ0v) is 15.8. The topological polar surface area (TPSA) is 49.4 Å². The van der Waals surface area contributed by atoms with E-state index in [4.69, 9.17) is 0 Å². The molecule has 7 heteroatoms. The number of thiophene rings is 1. The van der Waals surface area contributed by atoms with Gasteiger partial charge in [0.1, 0.15) is 5.82 Å². The van der Waals surface area contributed by atoms with E-state index in [0.717, 1.165) is 24.7 Å². The van der Waals surface area contributed by atoms with Gasteiger partial charge in [0, 0.05) is 12.6 Å². The van der Waals surface area contributed by atoms with Gasteiger partial charge in [-0.3, -0.25) is 4.90 Å². The second kappa shape index (κ2) is 8.20. The monoisotopic (exact) mass is 370 g/mol. The number of nitrogens with one attached hydrogen (secondary N) is 1. The maximum Gasteiger partial charge on any atom is 0.240 e. The molecule has 2 aromatic rings. The summed E-state index contributed by atoms with van der Waals surface area (Å²) in [6.07, 6.45) is 0. The van der Waals surface area contributed by atoms with Crippen LogP contribution < -0.4 is 4.72 Å². The van der Waals surface area contributed by atoms with Crippen molar-refractivity contribution in [2.75, 3.05) is 19.6 Å². The molecular formula is C17H23FN2O2S2. The van der Waals surface area contributed by atoms with Gasteiger partial charge in [-0.25, -0.2) is 17.5 Å². The van der Waals surface area contributed by atoms with E-state index in [2.05, 4.69) is 9.62 Å².